The van der Waals surface area contributed by atoms with Gasteiger partial charge in [0, 0.05) is 17.3 Å². The number of phenols is 1. The molecule has 3 N–H and O–H groups in total. The van der Waals surface area contributed by atoms with Crippen LogP contribution in [0.2, 0.25) is 0 Å². The van der Waals surface area contributed by atoms with Crippen LogP contribution in [-0.2, 0) is 16.0 Å². The van der Waals surface area contributed by atoms with Crippen LogP contribution >= 0.6 is 11.8 Å². The average molecular weight is 521 g/mol. The van der Waals surface area contributed by atoms with E-state index in [2.05, 4.69) is 15.8 Å². The van der Waals surface area contributed by atoms with Crippen molar-refractivity contribution < 1.29 is 28.3 Å². The Morgan fingerprint density at radius 3 is 2.49 bits per heavy atom. The first-order valence-corrected chi connectivity index (χ1v) is 11.9. The number of aryl methyl sites for hydroxylation is 1. The van der Waals surface area contributed by atoms with Crippen LogP contribution in [-0.4, -0.2) is 27.9 Å². The number of rotatable bonds is 5. The number of carbonyl (C=O) groups is 3. The lowest BCUT2D eigenvalue weighted by molar-refractivity contribution is -0.115. The van der Waals surface area contributed by atoms with Crippen molar-refractivity contribution in [1.82, 2.24) is 5.32 Å². The Balaban J connectivity index is 1.47. The lowest BCUT2D eigenvalue weighted by Crippen LogP contribution is -2.26. The first-order valence-electron chi connectivity index (χ1n) is 11.1. The number of benzene rings is 3. The first-order chi connectivity index (χ1) is 17.7. The van der Waals surface area contributed by atoms with Crippen LogP contribution in [0.1, 0.15) is 23.6 Å². The second kappa shape index (κ2) is 9.51. The second-order valence-electron chi connectivity index (χ2n) is 8.15. The summed E-state index contributed by atoms with van der Waals surface area (Å²) in [5, 5.41) is 16.2. The summed E-state index contributed by atoms with van der Waals surface area (Å²) in [6, 6.07) is 13.0. The lowest BCUT2D eigenvalue weighted by Gasteiger charge is -2.18. The van der Waals surface area contributed by atoms with Gasteiger partial charge in [0.05, 0.1) is 16.3 Å². The quantitative estimate of drug-likeness (QED) is 0.247. The smallest absolute Gasteiger partial charge is 0.290 e. The molecule has 0 spiro atoms. The largest absolute Gasteiger partial charge is 0.506 e. The molecule has 0 radical (unpaired) electrons. The summed E-state index contributed by atoms with van der Waals surface area (Å²) < 4.78 is 29.0. The van der Waals surface area contributed by atoms with Gasteiger partial charge in [0.25, 0.3) is 17.1 Å². The van der Waals surface area contributed by atoms with Crippen LogP contribution in [0.5, 0.6) is 5.75 Å². The third kappa shape index (κ3) is 4.56. The highest BCUT2D eigenvalue weighted by atomic mass is 32.2. The van der Waals surface area contributed by atoms with Crippen molar-refractivity contribution >= 4 is 57.7 Å². The molecule has 0 aliphatic carbocycles. The number of nitrogens with zero attached hydrogens (tertiary/aromatic N) is 2. The summed E-state index contributed by atoms with van der Waals surface area (Å²) in [6.07, 6.45) is 2.22. The van der Waals surface area contributed by atoms with Crippen LogP contribution in [0, 0.1) is 11.6 Å². The summed E-state index contributed by atoms with van der Waals surface area (Å²) in [5.41, 5.74) is 4.15. The number of amides is 3. The summed E-state index contributed by atoms with van der Waals surface area (Å²) in [5.74, 6) is -3.26. The number of fused-ring (bicyclic) bond motifs is 1. The number of anilines is 3. The molecule has 0 unspecified atom stereocenters. The molecule has 11 heteroatoms. The normalized spacial score (nSPS) is 17.1. The van der Waals surface area contributed by atoms with E-state index in [1.165, 1.54) is 18.2 Å². The number of hydrogen-bond donors (Lipinski definition) is 3. The van der Waals surface area contributed by atoms with Gasteiger partial charge >= 0.3 is 0 Å². The number of carbonyl (C=O) groups excluding carboxylic acids is 3. The molecule has 8 nitrogen and oxygen atoms in total. The van der Waals surface area contributed by atoms with Crippen molar-refractivity contribution in [3.05, 3.63) is 87.8 Å². The Kier molecular flexibility index (Phi) is 6.22. The first kappa shape index (κ1) is 24.2. The molecule has 0 atom stereocenters. The topological polar surface area (TPSA) is 111 Å². The molecule has 3 amide bonds. The number of nitrogens with one attached hydrogen (secondary N) is 2. The van der Waals surface area contributed by atoms with Crippen molar-refractivity contribution in [2.24, 2.45) is 5.10 Å². The molecule has 1 saturated heterocycles. The number of hydrazone groups is 1. The van der Waals surface area contributed by atoms with Gasteiger partial charge in [-0.2, -0.15) is 5.10 Å². The average Bonchev–Trinajstić information content (AvgIpc) is 3.33. The molecule has 0 bridgehead atoms. The molecule has 186 valence electrons. The number of halogens is 2. The molecule has 0 aromatic heterocycles. The Hall–Kier alpha value is -4.51. The van der Waals surface area contributed by atoms with Gasteiger partial charge in [-0.25, -0.2) is 8.78 Å². The molecule has 2 aliphatic heterocycles. The zero-order chi connectivity index (χ0) is 26.3. The SMILES string of the molecule is CCc1ccc(N2C(=O)/C(=N\Nc3ccc(/C=C4\SC(=O)NC4=O)cc3O)c3cc(F)cc(F)c32)cc1. The van der Waals surface area contributed by atoms with Gasteiger partial charge in [-0.15, -0.1) is 0 Å². The highest BCUT2D eigenvalue weighted by Gasteiger charge is 2.38. The van der Waals surface area contributed by atoms with E-state index in [4.69, 9.17) is 0 Å². The Labute approximate surface area is 213 Å². The number of aromatic hydroxyl groups is 1. The number of phenolic OH excluding ortho intramolecular Hbond substituents is 1. The van der Waals surface area contributed by atoms with Crippen molar-refractivity contribution in [3.8, 4) is 5.75 Å². The fourth-order valence-electron chi connectivity index (χ4n) is 3.95. The third-order valence-electron chi connectivity index (χ3n) is 5.77. The lowest BCUT2D eigenvalue weighted by atomic mass is 10.1. The number of thioether (sulfide) groups is 1. The predicted octanol–water partition coefficient (Wildman–Crippen LogP) is 5.05. The molecule has 3 aromatic rings. The van der Waals surface area contributed by atoms with E-state index in [1.807, 2.05) is 19.1 Å². The molecule has 3 aromatic carbocycles. The summed E-state index contributed by atoms with van der Waals surface area (Å²) in [4.78, 5) is 37.7. The van der Waals surface area contributed by atoms with E-state index in [-0.39, 0.29) is 33.3 Å². The summed E-state index contributed by atoms with van der Waals surface area (Å²) in [7, 11) is 0. The molecule has 37 heavy (non-hydrogen) atoms. The van der Waals surface area contributed by atoms with Gasteiger partial charge in [-0.3, -0.25) is 30.0 Å². The van der Waals surface area contributed by atoms with E-state index >= 15 is 0 Å². The van der Waals surface area contributed by atoms with E-state index < -0.39 is 28.7 Å². The Morgan fingerprint density at radius 2 is 1.84 bits per heavy atom. The van der Waals surface area contributed by atoms with E-state index in [9.17, 15) is 28.3 Å². The van der Waals surface area contributed by atoms with Crippen LogP contribution in [0.4, 0.5) is 30.6 Å². The molecular weight excluding hydrogens is 502 g/mol. The van der Waals surface area contributed by atoms with Crippen LogP contribution < -0.4 is 15.6 Å². The van der Waals surface area contributed by atoms with Crippen LogP contribution in [0.25, 0.3) is 6.08 Å². The fourth-order valence-corrected chi connectivity index (χ4v) is 4.64. The molecule has 0 saturated carbocycles. The molecule has 2 aliphatic rings. The minimum absolute atomic E-state index is 0.0376. The second-order valence-corrected chi connectivity index (χ2v) is 9.16. The monoisotopic (exact) mass is 520 g/mol. The maximum atomic E-state index is 14.9. The molecule has 1 fully saturated rings. The maximum absolute atomic E-state index is 14.9. The molecule has 2 heterocycles. The van der Waals surface area contributed by atoms with Crippen molar-refractivity contribution in [3.63, 3.8) is 0 Å². The standard InChI is InChI=1S/C26H18F2N4O4S/c1-2-13-3-6-16(7-4-13)32-23-17(11-15(27)12-18(23)28)22(25(32)35)31-30-19-8-5-14(9-20(19)33)10-21-24(34)29-26(36)37-21/h3-12,30,33H,2H2,1H3,(H,29,34,36)/b21-10-,31-22-. The number of imide groups is 1. The highest BCUT2D eigenvalue weighted by molar-refractivity contribution is 8.18. The third-order valence-corrected chi connectivity index (χ3v) is 6.58. The summed E-state index contributed by atoms with van der Waals surface area (Å²) in [6.45, 7) is 1.98. The summed E-state index contributed by atoms with van der Waals surface area (Å²) >= 11 is 0.741. The van der Waals surface area contributed by atoms with Gasteiger partial charge in [-0.1, -0.05) is 25.1 Å². The van der Waals surface area contributed by atoms with Crippen molar-refractivity contribution in [1.29, 1.82) is 0 Å². The van der Waals surface area contributed by atoms with Gasteiger partial charge in [-0.05, 0) is 65.7 Å². The van der Waals surface area contributed by atoms with Gasteiger partial charge < -0.3 is 5.11 Å². The van der Waals surface area contributed by atoms with Crippen molar-refractivity contribution in [2.45, 2.75) is 13.3 Å². The van der Waals surface area contributed by atoms with E-state index in [0.717, 1.165) is 34.7 Å². The predicted molar refractivity (Wildman–Crippen MR) is 137 cm³/mol. The van der Waals surface area contributed by atoms with E-state index in [1.54, 1.807) is 18.2 Å². The molecule has 5 rings (SSSR count). The van der Waals surface area contributed by atoms with Crippen molar-refractivity contribution in [2.75, 3.05) is 10.3 Å². The van der Waals surface area contributed by atoms with E-state index in [0.29, 0.717) is 17.3 Å². The minimum atomic E-state index is -0.916. The zero-order valence-corrected chi connectivity index (χ0v) is 20.0. The fraction of sp³-hybridized carbons (Fsp3) is 0.0769. The highest BCUT2D eigenvalue weighted by Crippen LogP contribution is 2.39. The minimum Gasteiger partial charge on any atom is -0.506 e. The maximum Gasteiger partial charge on any atom is 0.290 e. The van der Waals surface area contributed by atoms with Gasteiger partial charge in [0.15, 0.2) is 11.5 Å². The Morgan fingerprint density at radius 1 is 1.08 bits per heavy atom. The van der Waals surface area contributed by atoms with Crippen LogP contribution in [0.15, 0.2) is 64.6 Å². The van der Waals surface area contributed by atoms with Crippen LogP contribution in [0.3, 0.4) is 0 Å². The van der Waals surface area contributed by atoms with Gasteiger partial charge in [0.1, 0.15) is 11.6 Å². The number of hydrogen-bond acceptors (Lipinski definition) is 7. The van der Waals surface area contributed by atoms with Gasteiger partial charge in [0.2, 0.25) is 0 Å². The zero-order valence-electron chi connectivity index (χ0n) is 19.2. The Bertz CT molecular complexity index is 1540. The molecular formula is C26H18F2N4O4S.